The number of likely N-dealkylation sites (tertiary alicyclic amines) is 2. The van der Waals surface area contributed by atoms with E-state index in [0.29, 0.717) is 0 Å². The molecule has 32 heavy (non-hydrogen) atoms. The zero-order valence-electron chi connectivity index (χ0n) is 18.4. The summed E-state index contributed by atoms with van der Waals surface area (Å²) in [7, 11) is 0. The maximum atomic E-state index is 12.5. The molecule has 2 aliphatic rings. The second-order valence-corrected chi connectivity index (χ2v) is 8.75. The molecule has 0 unspecified atom stereocenters. The second kappa shape index (κ2) is 9.61. The fourth-order valence-electron chi connectivity index (χ4n) is 4.73. The molecule has 0 spiro atoms. The first-order valence-electron chi connectivity index (χ1n) is 11.7. The number of piperidine rings is 1. The predicted molar refractivity (Wildman–Crippen MR) is 125 cm³/mol. The van der Waals surface area contributed by atoms with E-state index >= 15 is 0 Å². The number of ether oxygens (including phenoxy) is 1. The van der Waals surface area contributed by atoms with Crippen LogP contribution in [0.5, 0.6) is 5.75 Å². The van der Waals surface area contributed by atoms with Gasteiger partial charge in [-0.2, -0.15) is 0 Å². The van der Waals surface area contributed by atoms with Crippen LogP contribution in [0.4, 0.5) is 0 Å². The third-order valence-electron chi connectivity index (χ3n) is 6.53. The first kappa shape index (κ1) is 20.8. The van der Waals surface area contributed by atoms with Crippen molar-refractivity contribution in [2.24, 2.45) is 0 Å². The van der Waals surface area contributed by atoms with Gasteiger partial charge in [0.05, 0.1) is 6.26 Å². The molecule has 0 aliphatic carbocycles. The summed E-state index contributed by atoms with van der Waals surface area (Å²) in [4.78, 5) is 16.9. The summed E-state index contributed by atoms with van der Waals surface area (Å²) in [6, 6.07) is 20.1. The Labute approximate surface area is 189 Å². The van der Waals surface area contributed by atoms with Gasteiger partial charge in [0.15, 0.2) is 0 Å². The van der Waals surface area contributed by atoms with Crippen LogP contribution in [0, 0.1) is 0 Å². The maximum Gasteiger partial charge on any atom is 0.253 e. The molecular weight excluding hydrogens is 400 g/mol. The number of amides is 1. The molecule has 0 N–H and O–H groups in total. The monoisotopic (exact) mass is 430 g/mol. The van der Waals surface area contributed by atoms with Crippen molar-refractivity contribution in [1.82, 2.24) is 9.80 Å². The largest absolute Gasteiger partial charge is 0.490 e. The average Bonchev–Trinajstić information content (AvgIpc) is 3.56. The Hall–Kier alpha value is -3.05. The Morgan fingerprint density at radius 3 is 2.38 bits per heavy atom. The normalized spacial score (nSPS) is 17.6. The third kappa shape index (κ3) is 4.73. The van der Waals surface area contributed by atoms with E-state index in [2.05, 4.69) is 29.2 Å². The summed E-state index contributed by atoms with van der Waals surface area (Å²) in [5.41, 5.74) is 3.21. The van der Waals surface area contributed by atoms with Gasteiger partial charge in [-0.3, -0.25) is 9.69 Å². The Kier molecular flexibility index (Phi) is 6.26. The van der Waals surface area contributed by atoms with Gasteiger partial charge in [0.2, 0.25) is 0 Å². The summed E-state index contributed by atoms with van der Waals surface area (Å²) < 4.78 is 11.9. The van der Waals surface area contributed by atoms with Crippen LogP contribution in [-0.4, -0.2) is 48.0 Å². The van der Waals surface area contributed by atoms with Crippen LogP contribution in [0.25, 0.3) is 11.3 Å². The van der Waals surface area contributed by atoms with E-state index in [4.69, 9.17) is 9.15 Å². The number of carbonyl (C=O) groups is 1. The van der Waals surface area contributed by atoms with Crippen LogP contribution in [-0.2, 0) is 6.54 Å². The number of rotatable bonds is 6. The van der Waals surface area contributed by atoms with Crippen molar-refractivity contribution in [1.29, 1.82) is 0 Å². The lowest BCUT2D eigenvalue weighted by Crippen LogP contribution is -2.37. The molecule has 0 atom stereocenters. The number of benzene rings is 2. The van der Waals surface area contributed by atoms with Crippen LogP contribution in [0.15, 0.2) is 71.3 Å². The molecule has 2 aliphatic heterocycles. The predicted octanol–water partition coefficient (Wildman–Crippen LogP) is 5.23. The van der Waals surface area contributed by atoms with Gasteiger partial charge in [0.1, 0.15) is 17.6 Å². The Morgan fingerprint density at radius 1 is 0.906 bits per heavy atom. The van der Waals surface area contributed by atoms with E-state index in [-0.39, 0.29) is 12.0 Å². The molecule has 166 valence electrons. The lowest BCUT2D eigenvalue weighted by molar-refractivity contribution is 0.0792. The van der Waals surface area contributed by atoms with Crippen LogP contribution >= 0.6 is 0 Å². The number of hydrogen-bond donors (Lipinski definition) is 0. The molecule has 1 amide bonds. The molecule has 0 saturated carbocycles. The van der Waals surface area contributed by atoms with Crippen LogP contribution in [0.2, 0.25) is 0 Å². The van der Waals surface area contributed by atoms with Crippen molar-refractivity contribution in [2.45, 2.75) is 38.3 Å². The summed E-state index contributed by atoms with van der Waals surface area (Å²) in [6.45, 7) is 4.67. The van der Waals surface area contributed by atoms with Crippen molar-refractivity contribution >= 4 is 5.91 Å². The summed E-state index contributed by atoms with van der Waals surface area (Å²) in [5, 5.41) is 0. The van der Waals surface area contributed by atoms with E-state index in [0.717, 1.165) is 75.5 Å². The van der Waals surface area contributed by atoms with E-state index in [9.17, 15) is 4.79 Å². The van der Waals surface area contributed by atoms with Crippen molar-refractivity contribution < 1.29 is 13.9 Å². The molecule has 0 radical (unpaired) electrons. The van der Waals surface area contributed by atoms with E-state index in [1.165, 1.54) is 11.1 Å². The molecular formula is C27H30N2O3. The van der Waals surface area contributed by atoms with Crippen molar-refractivity contribution in [3.63, 3.8) is 0 Å². The van der Waals surface area contributed by atoms with Gasteiger partial charge in [-0.15, -0.1) is 0 Å². The minimum absolute atomic E-state index is 0.136. The number of carbonyl (C=O) groups excluding carboxylic acids is 1. The van der Waals surface area contributed by atoms with Gasteiger partial charge in [-0.05, 0) is 67.6 Å². The Bertz CT molecular complexity index is 1020. The van der Waals surface area contributed by atoms with Gasteiger partial charge < -0.3 is 14.1 Å². The van der Waals surface area contributed by atoms with Crippen molar-refractivity contribution in [2.75, 3.05) is 26.2 Å². The molecule has 2 saturated heterocycles. The molecule has 0 bridgehead atoms. The Morgan fingerprint density at radius 2 is 1.66 bits per heavy atom. The smallest absolute Gasteiger partial charge is 0.253 e. The number of hydrogen-bond acceptors (Lipinski definition) is 4. The molecule has 3 aromatic rings. The molecule has 5 rings (SSSR count). The van der Waals surface area contributed by atoms with E-state index in [1.54, 1.807) is 6.26 Å². The molecule has 5 nitrogen and oxygen atoms in total. The number of nitrogens with zero attached hydrogens (tertiary/aromatic N) is 2. The summed E-state index contributed by atoms with van der Waals surface area (Å²) >= 11 is 0. The molecule has 1 aromatic heterocycles. The minimum atomic E-state index is 0.136. The topological polar surface area (TPSA) is 45.9 Å². The van der Waals surface area contributed by atoms with E-state index < -0.39 is 0 Å². The lowest BCUT2D eigenvalue weighted by atomic mass is 10.0. The van der Waals surface area contributed by atoms with Gasteiger partial charge in [0.25, 0.3) is 5.91 Å². The SMILES string of the molecule is O=C(c1ccc(OC2CCN(Cc3ccccc3-c3ccco3)CC2)cc1)N1CCCC1. The first-order valence-corrected chi connectivity index (χ1v) is 11.7. The fraction of sp³-hybridized carbons (Fsp3) is 0.370. The summed E-state index contributed by atoms with van der Waals surface area (Å²) in [5.74, 6) is 1.91. The highest BCUT2D eigenvalue weighted by atomic mass is 16.5. The van der Waals surface area contributed by atoms with Crippen LogP contribution < -0.4 is 4.74 Å². The quantitative estimate of drug-likeness (QED) is 0.537. The van der Waals surface area contributed by atoms with Crippen LogP contribution in [0.1, 0.15) is 41.6 Å². The van der Waals surface area contributed by atoms with Gasteiger partial charge >= 0.3 is 0 Å². The van der Waals surface area contributed by atoms with Crippen LogP contribution in [0.3, 0.4) is 0 Å². The highest BCUT2D eigenvalue weighted by molar-refractivity contribution is 5.94. The standard InChI is InChI=1S/C27H30N2O3/c30-27(29-15-3-4-16-29)21-9-11-23(12-10-21)32-24-13-17-28(18-14-24)20-22-6-1-2-7-25(22)26-8-5-19-31-26/h1-2,5-12,19,24H,3-4,13-18,20H2. The zero-order chi connectivity index (χ0) is 21.8. The molecule has 2 aromatic carbocycles. The highest BCUT2D eigenvalue weighted by Crippen LogP contribution is 2.27. The molecule has 2 fully saturated rings. The molecule has 3 heterocycles. The first-order chi connectivity index (χ1) is 15.8. The molecule has 5 heteroatoms. The zero-order valence-corrected chi connectivity index (χ0v) is 18.4. The second-order valence-electron chi connectivity index (χ2n) is 8.75. The van der Waals surface area contributed by atoms with Gasteiger partial charge in [-0.1, -0.05) is 24.3 Å². The summed E-state index contributed by atoms with van der Waals surface area (Å²) in [6.07, 6.45) is 6.16. The highest BCUT2D eigenvalue weighted by Gasteiger charge is 2.23. The van der Waals surface area contributed by atoms with Gasteiger partial charge in [-0.25, -0.2) is 0 Å². The fourth-order valence-corrected chi connectivity index (χ4v) is 4.73. The minimum Gasteiger partial charge on any atom is -0.490 e. The average molecular weight is 431 g/mol. The lowest BCUT2D eigenvalue weighted by Gasteiger charge is -2.32. The Balaban J connectivity index is 1.14. The number of furan rings is 1. The van der Waals surface area contributed by atoms with E-state index in [1.807, 2.05) is 41.3 Å². The maximum absolute atomic E-state index is 12.5. The third-order valence-corrected chi connectivity index (χ3v) is 6.53. The van der Waals surface area contributed by atoms with Gasteiger partial charge in [0, 0.05) is 43.9 Å². The van der Waals surface area contributed by atoms with Crippen molar-refractivity contribution in [3.05, 3.63) is 78.1 Å². The van der Waals surface area contributed by atoms with Crippen molar-refractivity contribution in [3.8, 4) is 17.1 Å².